The number of alkyl halides is 1. The van der Waals surface area contributed by atoms with Crippen LogP contribution < -0.4 is 0 Å². The molecule has 1 aromatic carbocycles. The number of aryl methyl sites for hydroxylation is 1. The highest BCUT2D eigenvalue weighted by molar-refractivity contribution is 6.00. The first-order valence-electron chi connectivity index (χ1n) is 7.17. The van der Waals surface area contributed by atoms with Crippen molar-refractivity contribution in [1.29, 1.82) is 0 Å². The molecule has 1 amide bonds. The van der Waals surface area contributed by atoms with Crippen molar-refractivity contribution in [3.05, 3.63) is 34.9 Å². The first-order chi connectivity index (χ1) is 9.20. The van der Waals surface area contributed by atoms with E-state index in [1.165, 1.54) is 0 Å². The zero-order valence-corrected chi connectivity index (χ0v) is 12.4. The van der Waals surface area contributed by atoms with Crippen molar-refractivity contribution >= 4 is 5.91 Å². The van der Waals surface area contributed by atoms with E-state index in [-0.39, 0.29) is 18.5 Å². The topological polar surface area (TPSA) is 20.3 Å². The first-order valence-corrected chi connectivity index (χ1v) is 7.17. The lowest BCUT2D eigenvalue weighted by molar-refractivity contribution is 0.0703. The summed E-state index contributed by atoms with van der Waals surface area (Å²) in [5.74, 6) is -0.00537. The van der Waals surface area contributed by atoms with E-state index >= 15 is 0 Å². The standard InChI is InChI=1S/C14H18FNO.C2H6/c1-3-5-12-11-7-4-6-10(2)13(11)14(17)16(12)9-8-15;1-2/h4,6-7,12H,3,5,8-9H2,1-2H3;1-2H3. The molecule has 1 atom stereocenters. The van der Waals surface area contributed by atoms with Crippen molar-refractivity contribution < 1.29 is 9.18 Å². The van der Waals surface area contributed by atoms with Gasteiger partial charge in [-0.25, -0.2) is 4.39 Å². The summed E-state index contributed by atoms with van der Waals surface area (Å²) in [6.07, 6.45) is 1.90. The summed E-state index contributed by atoms with van der Waals surface area (Å²) in [5, 5.41) is 0. The van der Waals surface area contributed by atoms with E-state index in [0.717, 1.165) is 29.5 Å². The van der Waals surface area contributed by atoms with Crippen LogP contribution in [0.5, 0.6) is 0 Å². The number of halogens is 1. The van der Waals surface area contributed by atoms with Gasteiger partial charge in [0.15, 0.2) is 0 Å². The van der Waals surface area contributed by atoms with Gasteiger partial charge in [0.1, 0.15) is 6.67 Å². The molecule has 1 heterocycles. The third-order valence-corrected chi connectivity index (χ3v) is 3.40. The Morgan fingerprint density at radius 1 is 1.32 bits per heavy atom. The Kier molecular flexibility index (Phi) is 6.00. The van der Waals surface area contributed by atoms with Crippen LogP contribution in [0.25, 0.3) is 0 Å². The fourth-order valence-corrected chi connectivity index (χ4v) is 2.65. The molecule has 0 aliphatic carbocycles. The minimum atomic E-state index is -0.473. The molecule has 19 heavy (non-hydrogen) atoms. The summed E-state index contributed by atoms with van der Waals surface area (Å²) in [6, 6.07) is 5.98. The second kappa shape index (κ2) is 7.27. The molecule has 0 spiro atoms. The monoisotopic (exact) mass is 265 g/mol. The summed E-state index contributed by atoms with van der Waals surface area (Å²) >= 11 is 0. The molecule has 1 aliphatic heterocycles. The quantitative estimate of drug-likeness (QED) is 0.795. The predicted molar refractivity (Wildman–Crippen MR) is 77.2 cm³/mol. The second-order valence-electron chi connectivity index (χ2n) is 4.53. The second-order valence-corrected chi connectivity index (χ2v) is 4.53. The van der Waals surface area contributed by atoms with E-state index in [4.69, 9.17) is 0 Å². The zero-order chi connectivity index (χ0) is 14.4. The first kappa shape index (κ1) is 15.7. The number of nitrogens with zero attached hydrogens (tertiary/aromatic N) is 1. The SMILES string of the molecule is CC.CCCC1c2cccc(C)c2C(=O)N1CCF. The van der Waals surface area contributed by atoms with E-state index in [0.29, 0.717) is 0 Å². The molecular weight excluding hydrogens is 241 g/mol. The van der Waals surface area contributed by atoms with E-state index < -0.39 is 6.67 Å². The van der Waals surface area contributed by atoms with Crippen LogP contribution in [0.1, 0.15) is 61.1 Å². The van der Waals surface area contributed by atoms with Crippen molar-refractivity contribution in [2.24, 2.45) is 0 Å². The molecule has 0 aromatic heterocycles. The van der Waals surface area contributed by atoms with Crippen LogP contribution in [0.15, 0.2) is 18.2 Å². The summed E-state index contributed by atoms with van der Waals surface area (Å²) in [7, 11) is 0. The van der Waals surface area contributed by atoms with Crippen LogP contribution >= 0.6 is 0 Å². The van der Waals surface area contributed by atoms with Gasteiger partial charge in [-0.1, -0.05) is 45.4 Å². The lowest BCUT2D eigenvalue weighted by Gasteiger charge is -2.23. The van der Waals surface area contributed by atoms with E-state index in [2.05, 4.69) is 6.92 Å². The molecule has 0 N–H and O–H groups in total. The normalized spacial score (nSPS) is 17.0. The zero-order valence-electron chi connectivity index (χ0n) is 12.4. The number of carbonyl (C=O) groups excluding carboxylic acids is 1. The number of benzene rings is 1. The van der Waals surface area contributed by atoms with Crippen molar-refractivity contribution in [3.8, 4) is 0 Å². The molecule has 0 fully saturated rings. The highest BCUT2D eigenvalue weighted by atomic mass is 19.1. The number of rotatable bonds is 4. The lowest BCUT2D eigenvalue weighted by Crippen LogP contribution is -2.30. The van der Waals surface area contributed by atoms with Crippen LogP contribution in [0, 0.1) is 6.92 Å². The molecule has 1 aliphatic rings. The van der Waals surface area contributed by atoms with Gasteiger partial charge < -0.3 is 4.90 Å². The van der Waals surface area contributed by atoms with Crippen molar-refractivity contribution in [2.75, 3.05) is 13.2 Å². The van der Waals surface area contributed by atoms with E-state index in [9.17, 15) is 9.18 Å². The maximum Gasteiger partial charge on any atom is 0.255 e. The van der Waals surface area contributed by atoms with Gasteiger partial charge in [0.2, 0.25) is 0 Å². The molecule has 0 radical (unpaired) electrons. The van der Waals surface area contributed by atoms with E-state index in [1.807, 2.05) is 39.0 Å². The van der Waals surface area contributed by atoms with Gasteiger partial charge in [0.25, 0.3) is 5.91 Å². The fraction of sp³-hybridized carbons (Fsp3) is 0.562. The smallest absolute Gasteiger partial charge is 0.255 e. The summed E-state index contributed by atoms with van der Waals surface area (Å²) in [4.78, 5) is 13.9. The number of fused-ring (bicyclic) bond motifs is 1. The Bertz CT molecular complexity index is 431. The average Bonchev–Trinajstić information content (AvgIpc) is 2.69. The van der Waals surface area contributed by atoms with Crippen LogP contribution in [0.3, 0.4) is 0 Å². The molecule has 0 saturated carbocycles. The molecule has 2 nitrogen and oxygen atoms in total. The van der Waals surface area contributed by atoms with Crippen LogP contribution in [-0.4, -0.2) is 24.0 Å². The Balaban J connectivity index is 0.000000861. The Hall–Kier alpha value is -1.38. The lowest BCUT2D eigenvalue weighted by atomic mass is 9.98. The van der Waals surface area contributed by atoms with Gasteiger partial charge in [-0.2, -0.15) is 0 Å². The van der Waals surface area contributed by atoms with Gasteiger partial charge in [0.05, 0.1) is 6.04 Å². The Labute approximate surface area is 115 Å². The molecule has 0 saturated heterocycles. The number of hydrogen-bond acceptors (Lipinski definition) is 1. The van der Waals surface area contributed by atoms with Crippen molar-refractivity contribution in [3.63, 3.8) is 0 Å². The van der Waals surface area contributed by atoms with Crippen LogP contribution in [0.2, 0.25) is 0 Å². The predicted octanol–water partition coefficient (Wildman–Crippen LogP) is 4.29. The van der Waals surface area contributed by atoms with Crippen molar-refractivity contribution in [1.82, 2.24) is 4.90 Å². The highest BCUT2D eigenvalue weighted by Crippen LogP contribution is 2.37. The summed E-state index contributed by atoms with van der Waals surface area (Å²) in [6.45, 7) is 7.77. The number of carbonyl (C=O) groups is 1. The maximum atomic E-state index is 12.6. The van der Waals surface area contributed by atoms with Gasteiger partial charge in [-0.05, 0) is 24.5 Å². The van der Waals surface area contributed by atoms with E-state index in [1.54, 1.807) is 4.90 Å². The summed E-state index contributed by atoms with van der Waals surface area (Å²) < 4.78 is 12.6. The number of amides is 1. The van der Waals surface area contributed by atoms with Crippen LogP contribution in [0.4, 0.5) is 4.39 Å². The van der Waals surface area contributed by atoms with Gasteiger partial charge >= 0.3 is 0 Å². The van der Waals surface area contributed by atoms with Crippen LogP contribution in [-0.2, 0) is 0 Å². The largest absolute Gasteiger partial charge is 0.329 e. The van der Waals surface area contributed by atoms with Gasteiger partial charge in [-0.15, -0.1) is 0 Å². The summed E-state index contributed by atoms with van der Waals surface area (Å²) in [5.41, 5.74) is 2.86. The third-order valence-electron chi connectivity index (χ3n) is 3.40. The fourth-order valence-electron chi connectivity index (χ4n) is 2.65. The minimum Gasteiger partial charge on any atom is -0.329 e. The maximum absolute atomic E-state index is 12.6. The molecule has 0 bridgehead atoms. The molecule has 1 unspecified atom stereocenters. The molecule has 2 rings (SSSR count). The van der Waals surface area contributed by atoms with Gasteiger partial charge in [-0.3, -0.25) is 4.79 Å². The molecule has 3 heteroatoms. The average molecular weight is 265 g/mol. The van der Waals surface area contributed by atoms with Gasteiger partial charge in [0, 0.05) is 12.1 Å². The molecule has 1 aromatic rings. The van der Waals surface area contributed by atoms with Crippen molar-refractivity contribution in [2.45, 2.75) is 46.6 Å². The minimum absolute atomic E-state index is 0.00537. The third kappa shape index (κ3) is 2.96. The Morgan fingerprint density at radius 2 is 2.00 bits per heavy atom. The highest BCUT2D eigenvalue weighted by Gasteiger charge is 2.36. The molecular formula is C16H24FNO. The Morgan fingerprint density at radius 3 is 2.58 bits per heavy atom. The number of hydrogen-bond donors (Lipinski definition) is 0. The molecule has 106 valence electrons.